The highest BCUT2D eigenvalue weighted by Gasteiger charge is 2.14. The lowest BCUT2D eigenvalue weighted by Gasteiger charge is -2.09. The molecule has 118 valence electrons. The molecular weight excluding hydrogens is 295 g/mol. The summed E-state index contributed by atoms with van der Waals surface area (Å²) in [5.41, 5.74) is 2.92. The number of methoxy groups -OCH3 is 1. The van der Waals surface area contributed by atoms with Crippen molar-refractivity contribution in [3.63, 3.8) is 0 Å². The molecule has 23 heavy (non-hydrogen) atoms. The van der Waals surface area contributed by atoms with E-state index in [-0.39, 0.29) is 11.8 Å². The van der Waals surface area contributed by atoms with Crippen molar-refractivity contribution >= 4 is 17.0 Å². The van der Waals surface area contributed by atoms with E-state index in [1.54, 1.807) is 24.3 Å². The minimum Gasteiger partial charge on any atom is -0.465 e. The highest BCUT2D eigenvalue weighted by atomic mass is 19.1. The molecule has 0 N–H and O–H groups in total. The molecule has 0 spiro atoms. The van der Waals surface area contributed by atoms with Crippen molar-refractivity contribution < 1.29 is 13.9 Å². The van der Waals surface area contributed by atoms with Crippen molar-refractivity contribution in [3.05, 3.63) is 59.7 Å². The molecule has 4 nitrogen and oxygen atoms in total. The van der Waals surface area contributed by atoms with E-state index in [0.29, 0.717) is 5.56 Å². The van der Waals surface area contributed by atoms with Crippen LogP contribution in [0, 0.1) is 5.82 Å². The van der Waals surface area contributed by atoms with Crippen molar-refractivity contribution in [2.45, 2.75) is 19.8 Å². The molecule has 0 fully saturated rings. The third-order valence-corrected chi connectivity index (χ3v) is 3.70. The number of nitrogens with zero attached hydrogens (tertiary/aromatic N) is 2. The summed E-state index contributed by atoms with van der Waals surface area (Å²) in [6, 6.07) is 11.6. The van der Waals surface area contributed by atoms with Crippen LogP contribution in [0.2, 0.25) is 0 Å². The van der Waals surface area contributed by atoms with Gasteiger partial charge in [0.1, 0.15) is 11.6 Å². The van der Waals surface area contributed by atoms with E-state index < -0.39 is 0 Å². The molecule has 1 aromatic heterocycles. The van der Waals surface area contributed by atoms with Crippen LogP contribution < -0.4 is 0 Å². The topological polar surface area (TPSA) is 44.1 Å². The Morgan fingerprint density at radius 2 is 1.96 bits per heavy atom. The van der Waals surface area contributed by atoms with Gasteiger partial charge in [-0.25, -0.2) is 14.2 Å². The van der Waals surface area contributed by atoms with E-state index in [1.807, 2.05) is 10.6 Å². The molecule has 0 unspecified atom stereocenters. The van der Waals surface area contributed by atoms with Gasteiger partial charge in [0, 0.05) is 12.1 Å². The summed E-state index contributed by atoms with van der Waals surface area (Å²) in [4.78, 5) is 16.3. The lowest BCUT2D eigenvalue weighted by molar-refractivity contribution is 0.0601. The fourth-order valence-corrected chi connectivity index (χ4v) is 2.64. The summed E-state index contributed by atoms with van der Waals surface area (Å²) < 4.78 is 19.9. The van der Waals surface area contributed by atoms with Crippen LogP contribution in [0.4, 0.5) is 4.39 Å². The third kappa shape index (κ3) is 2.82. The van der Waals surface area contributed by atoms with Gasteiger partial charge in [-0.3, -0.25) is 4.57 Å². The van der Waals surface area contributed by atoms with Gasteiger partial charge in [-0.05, 0) is 48.9 Å². The second-order valence-corrected chi connectivity index (χ2v) is 5.28. The molecule has 3 aromatic rings. The number of aryl methyl sites for hydroxylation is 1. The summed E-state index contributed by atoms with van der Waals surface area (Å²) >= 11 is 0. The molecule has 0 atom stereocenters. The van der Waals surface area contributed by atoms with Gasteiger partial charge in [0.2, 0.25) is 0 Å². The molecule has 0 radical (unpaired) electrons. The first-order valence-electron chi connectivity index (χ1n) is 7.49. The van der Waals surface area contributed by atoms with Gasteiger partial charge < -0.3 is 4.74 Å². The molecule has 0 saturated carbocycles. The van der Waals surface area contributed by atoms with Crippen molar-refractivity contribution in [3.8, 4) is 5.69 Å². The third-order valence-electron chi connectivity index (χ3n) is 3.70. The average Bonchev–Trinajstić information content (AvgIpc) is 2.92. The first-order chi connectivity index (χ1) is 11.1. The standard InChI is InChI=1S/C18H17FN2O2/c1-3-4-17-20-15-11-12(18(22)23-2)5-10-16(15)21(17)14-8-6-13(19)7-9-14/h5-11H,3-4H2,1-2H3. The second kappa shape index (κ2) is 6.20. The quantitative estimate of drug-likeness (QED) is 0.686. The zero-order chi connectivity index (χ0) is 16.4. The molecule has 0 aliphatic heterocycles. The van der Waals surface area contributed by atoms with Gasteiger partial charge in [0.25, 0.3) is 0 Å². The van der Waals surface area contributed by atoms with Crippen LogP contribution in [0.1, 0.15) is 29.5 Å². The highest BCUT2D eigenvalue weighted by Crippen LogP contribution is 2.24. The number of hydrogen-bond donors (Lipinski definition) is 0. The lowest BCUT2D eigenvalue weighted by atomic mass is 10.2. The predicted octanol–water partition coefficient (Wildman–Crippen LogP) is 3.90. The number of aromatic nitrogens is 2. The lowest BCUT2D eigenvalue weighted by Crippen LogP contribution is -2.02. The van der Waals surface area contributed by atoms with Gasteiger partial charge in [0.15, 0.2) is 0 Å². The molecule has 0 amide bonds. The van der Waals surface area contributed by atoms with E-state index in [2.05, 4.69) is 11.9 Å². The zero-order valence-electron chi connectivity index (χ0n) is 13.0. The predicted molar refractivity (Wildman–Crippen MR) is 86.4 cm³/mol. The Kier molecular flexibility index (Phi) is 4.10. The van der Waals surface area contributed by atoms with Crippen LogP contribution in [0.15, 0.2) is 42.5 Å². The zero-order valence-corrected chi connectivity index (χ0v) is 13.0. The number of esters is 1. The Morgan fingerprint density at radius 1 is 1.22 bits per heavy atom. The first kappa shape index (κ1) is 15.2. The van der Waals surface area contributed by atoms with Crippen molar-refractivity contribution in [1.29, 1.82) is 0 Å². The largest absolute Gasteiger partial charge is 0.465 e. The maximum Gasteiger partial charge on any atom is 0.337 e. The molecule has 5 heteroatoms. The summed E-state index contributed by atoms with van der Waals surface area (Å²) in [5, 5.41) is 0. The SMILES string of the molecule is CCCc1nc2cc(C(=O)OC)ccc2n1-c1ccc(F)cc1. The Bertz CT molecular complexity index is 853. The van der Waals surface area contributed by atoms with Gasteiger partial charge in [-0.2, -0.15) is 0 Å². The highest BCUT2D eigenvalue weighted by molar-refractivity contribution is 5.94. The molecule has 0 saturated heterocycles. The fourth-order valence-electron chi connectivity index (χ4n) is 2.64. The maximum absolute atomic E-state index is 13.2. The summed E-state index contributed by atoms with van der Waals surface area (Å²) in [6.45, 7) is 2.08. The van der Waals surface area contributed by atoms with Crippen LogP contribution in [-0.2, 0) is 11.2 Å². The Balaban J connectivity index is 2.20. The van der Waals surface area contributed by atoms with Gasteiger partial charge in [0.05, 0.1) is 23.7 Å². The van der Waals surface area contributed by atoms with Crippen LogP contribution in [-0.4, -0.2) is 22.6 Å². The van der Waals surface area contributed by atoms with Crippen LogP contribution in [0.3, 0.4) is 0 Å². The van der Waals surface area contributed by atoms with E-state index in [4.69, 9.17) is 4.74 Å². The minimum atomic E-state index is -0.389. The molecule has 0 aliphatic rings. The second-order valence-electron chi connectivity index (χ2n) is 5.28. The van der Waals surface area contributed by atoms with Crippen LogP contribution >= 0.6 is 0 Å². The van der Waals surface area contributed by atoms with Crippen molar-refractivity contribution in [2.24, 2.45) is 0 Å². The summed E-state index contributed by atoms with van der Waals surface area (Å²) in [5.74, 6) is 0.222. The monoisotopic (exact) mass is 312 g/mol. The Labute approximate surface area is 133 Å². The Hall–Kier alpha value is -2.69. The number of carbonyl (C=O) groups is 1. The fraction of sp³-hybridized carbons (Fsp3) is 0.222. The molecule has 0 aliphatic carbocycles. The molecule has 0 bridgehead atoms. The number of halogens is 1. The van der Waals surface area contributed by atoms with E-state index in [0.717, 1.165) is 35.4 Å². The van der Waals surface area contributed by atoms with Crippen molar-refractivity contribution in [1.82, 2.24) is 9.55 Å². The number of rotatable bonds is 4. The summed E-state index contributed by atoms with van der Waals surface area (Å²) in [7, 11) is 1.35. The summed E-state index contributed by atoms with van der Waals surface area (Å²) in [6.07, 6.45) is 1.73. The van der Waals surface area contributed by atoms with E-state index >= 15 is 0 Å². The maximum atomic E-state index is 13.2. The minimum absolute atomic E-state index is 0.275. The molecular formula is C18H17FN2O2. The number of hydrogen-bond acceptors (Lipinski definition) is 3. The first-order valence-corrected chi connectivity index (χ1v) is 7.49. The molecule has 1 heterocycles. The van der Waals surface area contributed by atoms with Gasteiger partial charge >= 0.3 is 5.97 Å². The number of imidazole rings is 1. The van der Waals surface area contributed by atoms with Crippen LogP contribution in [0.5, 0.6) is 0 Å². The number of ether oxygens (including phenoxy) is 1. The number of fused-ring (bicyclic) bond motifs is 1. The van der Waals surface area contributed by atoms with E-state index in [1.165, 1.54) is 19.2 Å². The van der Waals surface area contributed by atoms with E-state index in [9.17, 15) is 9.18 Å². The number of benzene rings is 2. The van der Waals surface area contributed by atoms with Gasteiger partial charge in [-0.15, -0.1) is 0 Å². The molecule has 3 rings (SSSR count). The molecule has 2 aromatic carbocycles. The van der Waals surface area contributed by atoms with Crippen molar-refractivity contribution in [2.75, 3.05) is 7.11 Å². The van der Waals surface area contributed by atoms with Gasteiger partial charge in [-0.1, -0.05) is 6.92 Å². The Morgan fingerprint density at radius 3 is 2.61 bits per heavy atom. The average molecular weight is 312 g/mol. The normalized spacial score (nSPS) is 10.9. The smallest absolute Gasteiger partial charge is 0.337 e. The number of carbonyl (C=O) groups excluding carboxylic acids is 1. The van der Waals surface area contributed by atoms with Crippen LogP contribution in [0.25, 0.3) is 16.7 Å².